The zero-order valence-electron chi connectivity index (χ0n) is 13.7. The number of para-hydroxylation sites is 1. The zero-order chi connectivity index (χ0) is 16.8. The van der Waals surface area contributed by atoms with Crippen molar-refractivity contribution in [2.45, 2.75) is 26.3 Å². The predicted octanol–water partition coefficient (Wildman–Crippen LogP) is 4.40. The molecule has 0 saturated carbocycles. The van der Waals surface area contributed by atoms with Crippen molar-refractivity contribution >= 4 is 17.5 Å². The Bertz CT molecular complexity index is 653. The summed E-state index contributed by atoms with van der Waals surface area (Å²) in [5.74, 6) is 0.768. The summed E-state index contributed by atoms with van der Waals surface area (Å²) < 4.78 is 5.32. The lowest BCUT2D eigenvalue weighted by Gasteiger charge is -2.21. The van der Waals surface area contributed by atoms with Crippen LogP contribution in [0, 0.1) is 5.92 Å². The van der Waals surface area contributed by atoms with E-state index in [1.807, 2.05) is 62.4 Å². The van der Waals surface area contributed by atoms with Gasteiger partial charge in [-0.25, -0.2) is 0 Å². The number of amides is 1. The quantitative estimate of drug-likeness (QED) is 0.851. The molecule has 122 valence electrons. The Morgan fingerprint density at radius 3 is 2.39 bits per heavy atom. The summed E-state index contributed by atoms with van der Waals surface area (Å²) in [7, 11) is 1.63. The second-order valence-electron chi connectivity index (χ2n) is 5.80. The fourth-order valence-electron chi connectivity index (χ4n) is 2.65. The average molecular weight is 332 g/mol. The van der Waals surface area contributed by atoms with Gasteiger partial charge in [0.2, 0.25) is 5.91 Å². The maximum absolute atomic E-state index is 12.7. The van der Waals surface area contributed by atoms with Crippen molar-refractivity contribution in [2.24, 2.45) is 5.92 Å². The first-order chi connectivity index (χ1) is 11.0. The SMILES string of the molecule is COc1ccccc1CNC(=O)C(c1ccc(Cl)cc1)C(C)C. The highest BCUT2D eigenvalue weighted by Crippen LogP contribution is 2.26. The largest absolute Gasteiger partial charge is 0.496 e. The first-order valence-corrected chi connectivity index (χ1v) is 8.05. The van der Waals surface area contributed by atoms with Gasteiger partial charge in [0.25, 0.3) is 0 Å². The third kappa shape index (κ3) is 4.49. The monoisotopic (exact) mass is 331 g/mol. The number of benzene rings is 2. The molecular weight excluding hydrogens is 310 g/mol. The molecule has 0 spiro atoms. The van der Waals surface area contributed by atoms with Crippen molar-refractivity contribution in [1.29, 1.82) is 0 Å². The molecule has 0 aromatic heterocycles. The Morgan fingerprint density at radius 2 is 1.78 bits per heavy atom. The third-order valence-electron chi connectivity index (χ3n) is 3.82. The second-order valence-corrected chi connectivity index (χ2v) is 6.24. The summed E-state index contributed by atoms with van der Waals surface area (Å²) in [5, 5.41) is 3.69. The maximum Gasteiger partial charge on any atom is 0.228 e. The van der Waals surface area contributed by atoms with Gasteiger partial charge in [0.1, 0.15) is 5.75 Å². The van der Waals surface area contributed by atoms with Crippen molar-refractivity contribution in [1.82, 2.24) is 5.32 Å². The van der Waals surface area contributed by atoms with Crippen LogP contribution in [-0.4, -0.2) is 13.0 Å². The fourth-order valence-corrected chi connectivity index (χ4v) is 2.78. The van der Waals surface area contributed by atoms with Gasteiger partial charge in [-0.2, -0.15) is 0 Å². The van der Waals surface area contributed by atoms with E-state index in [2.05, 4.69) is 5.32 Å². The molecule has 2 aromatic rings. The van der Waals surface area contributed by atoms with E-state index in [9.17, 15) is 4.79 Å². The van der Waals surface area contributed by atoms with Crippen molar-refractivity contribution in [3.63, 3.8) is 0 Å². The van der Waals surface area contributed by atoms with Crippen LogP contribution < -0.4 is 10.1 Å². The number of rotatable bonds is 6. The average Bonchev–Trinajstić information content (AvgIpc) is 2.55. The number of methoxy groups -OCH3 is 1. The van der Waals surface area contributed by atoms with Gasteiger partial charge < -0.3 is 10.1 Å². The van der Waals surface area contributed by atoms with Crippen molar-refractivity contribution in [3.05, 3.63) is 64.7 Å². The van der Waals surface area contributed by atoms with E-state index in [4.69, 9.17) is 16.3 Å². The van der Waals surface area contributed by atoms with Gasteiger partial charge in [0.15, 0.2) is 0 Å². The molecule has 0 radical (unpaired) electrons. The molecule has 3 nitrogen and oxygen atoms in total. The van der Waals surface area contributed by atoms with Crippen LogP contribution in [0.1, 0.15) is 30.9 Å². The lowest BCUT2D eigenvalue weighted by Crippen LogP contribution is -2.31. The molecular formula is C19H22ClNO2. The molecule has 1 atom stereocenters. The molecule has 0 aliphatic carbocycles. The van der Waals surface area contributed by atoms with E-state index >= 15 is 0 Å². The van der Waals surface area contributed by atoms with E-state index in [0.717, 1.165) is 16.9 Å². The highest BCUT2D eigenvalue weighted by atomic mass is 35.5. The van der Waals surface area contributed by atoms with Gasteiger partial charge in [-0.3, -0.25) is 4.79 Å². The topological polar surface area (TPSA) is 38.3 Å². The van der Waals surface area contributed by atoms with Crippen LogP contribution in [0.4, 0.5) is 0 Å². The molecule has 0 aliphatic heterocycles. The lowest BCUT2D eigenvalue weighted by atomic mass is 9.87. The summed E-state index contributed by atoms with van der Waals surface area (Å²) in [6.07, 6.45) is 0. The van der Waals surface area contributed by atoms with Crippen molar-refractivity contribution in [2.75, 3.05) is 7.11 Å². The van der Waals surface area contributed by atoms with E-state index in [1.165, 1.54) is 0 Å². The van der Waals surface area contributed by atoms with E-state index in [1.54, 1.807) is 7.11 Å². The molecule has 0 fully saturated rings. The summed E-state index contributed by atoms with van der Waals surface area (Å²) >= 11 is 5.94. The van der Waals surface area contributed by atoms with Gasteiger partial charge in [-0.05, 0) is 29.7 Å². The number of ether oxygens (including phenoxy) is 1. The van der Waals surface area contributed by atoms with Gasteiger partial charge in [0, 0.05) is 17.1 Å². The summed E-state index contributed by atoms with van der Waals surface area (Å²) in [4.78, 5) is 12.7. The van der Waals surface area contributed by atoms with Crippen LogP contribution in [0.15, 0.2) is 48.5 Å². The van der Waals surface area contributed by atoms with Crippen molar-refractivity contribution in [3.8, 4) is 5.75 Å². The van der Waals surface area contributed by atoms with E-state index < -0.39 is 0 Å². The number of carbonyl (C=O) groups is 1. The number of carbonyl (C=O) groups excluding carboxylic acids is 1. The minimum absolute atomic E-state index is 0.00762. The molecule has 0 aliphatic rings. The Hall–Kier alpha value is -2.00. The summed E-state index contributed by atoms with van der Waals surface area (Å²) in [6, 6.07) is 15.1. The normalized spacial score (nSPS) is 12.0. The highest BCUT2D eigenvalue weighted by Gasteiger charge is 2.24. The predicted molar refractivity (Wildman–Crippen MR) is 93.9 cm³/mol. The van der Waals surface area contributed by atoms with Crippen LogP contribution in [0.3, 0.4) is 0 Å². The maximum atomic E-state index is 12.7. The second kappa shape index (κ2) is 8.02. The van der Waals surface area contributed by atoms with Gasteiger partial charge in [-0.15, -0.1) is 0 Å². The Balaban J connectivity index is 2.11. The first kappa shape index (κ1) is 17.4. The molecule has 2 aromatic carbocycles. The van der Waals surface area contributed by atoms with E-state index in [0.29, 0.717) is 11.6 Å². The van der Waals surface area contributed by atoms with Gasteiger partial charge >= 0.3 is 0 Å². The number of halogens is 1. The minimum atomic E-state index is -0.207. The highest BCUT2D eigenvalue weighted by molar-refractivity contribution is 6.30. The van der Waals surface area contributed by atoms with Crippen LogP contribution in [0.5, 0.6) is 5.75 Å². The van der Waals surface area contributed by atoms with Crippen LogP contribution in [0.25, 0.3) is 0 Å². The van der Waals surface area contributed by atoms with Crippen molar-refractivity contribution < 1.29 is 9.53 Å². The smallest absolute Gasteiger partial charge is 0.228 e. The molecule has 0 heterocycles. The van der Waals surface area contributed by atoms with Crippen LogP contribution in [0.2, 0.25) is 5.02 Å². The van der Waals surface area contributed by atoms with E-state index in [-0.39, 0.29) is 17.7 Å². The van der Waals surface area contributed by atoms with Crippen LogP contribution >= 0.6 is 11.6 Å². The number of hydrogen-bond donors (Lipinski definition) is 1. The molecule has 1 unspecified atom stereocenters. The summed E-state index contributed by atoms with van der Waals surface area (Å²) in [6.45, 7) is 4.53. The van der Waals surface area contributed by atoms with Gasteiger partial charge in [-0.1, -0.05) is 55.8 Å². The molecule has 4 heteroatoms. The number of hydrogen-bond acceptors (Lipinski definition) is 2. The zero-order valence-corrected chi connectivity index (χ0v) is 14.4. The Morgan fingerprint density at radius 1 is 1.13 bits per heavy atom. The Kier molecular flexibility index (Phi) is 6.05. The summed E-state index contributed by atoms with van der Waals surface area (Å²) in [5.41, 5.74) is 1.93. The third-order valence-corrected chi connectivity index (χ3v) is 4.08. The Labute approximate surface area is 142 Å². The molecule has 0 bridgehead atoms. The molecule has 1 N–H and O–H groups in total. The fraction of sp³-hybridized carbons (Fsp3) is 0.316. The lowest BCUT2D eigenvalue weighted by molar-refractivity contribution is -0.123. The van der Waals surface area contributed by atoms with Gasteiger partial charge in [0.05, 0.1) is 13.0 Å². The first-order valence-electron chi connectivity index (χ1n) is 7.68. The molecule has 0 saturated heterocycles. The molecule has 2 rings (SSSR count). The van der Waals surface area contributed by atoms with Crippen LogP contribution in [-0.2, 0) is 11.3 Å². The molecule has 1 amide bonds. The minimum Gasteiger partial charge on any atom is -0.496 e. The number of nitrogens with one attached hydrogen (secondary N) is 1. The molecule has 23 heavy (non-hydrogen) atoms. The standard InChI is InChI=1S/C19H22ClNO2/c1-13(2)18(14-8-10-16(20)11-9-14)19(22)21-12-15-6-4-5-7-17(15)23-3/h4-11,13,18H,12H2,1-3H3,(H,21,22).